The molecule has 3 heteroatoms. The Morgan fingerprint density at radius 2 is 2.00 bits per heavy atom. The third-order valence-corrected chi connectivity index (χ3v) is 2.81. The SMILES string of the molecule is CC[C@H](C)CCCCCO/C(C=O)=C\N(C)C. The second-order valence-electron chi connectivity index (χ2n) is 4.82. The Labute approximate surface area is 106 Å². The maximum Gasteiger partial charge on any atom is 0.186 e. The average Bonchev–Trinajstić information content (AvgIpc) is 2.30. The topological polar surface area (TPSA) is 29.5 Å². The van der Waals surface area contributed by atoms with E-state index in [1.807, 2.05) is 19.0 Å². The molecule has 0 unspecified atom stereocenters. The number of carbonyl (C=O) groups excluding carboxylic acids is 1. The lowest BCUT2D eigenvalue weighted by Crippen LogP contribution is -2.06. The highest BCUT2D eigenvalue weighted by molar-refractivity contribution is 5.69. The maximum absolute atomic E-state index is 10.7. The zero-order valence-electron chi connectivity index (χ0n) is 11.7. The van der Waals surface area contributed by atoms with Crippen LogP contribution in [0.3, 0.4) is 0 Å². The van der Waals surface area contributed by atoms with E-state index in [1.165, 1.54) is 25.7 Å². The first-order valence-corrected chi connectivity index (χ1v) is 6.56. The second kappa shape index (κ2) is 10.2. The smallest absolute Gasteiger partial charge is 0.186 e. The van der Waals surface area contributed by atoms with Crippen LogP contribution < -0.4 is 0 Å². The van der Waals surface area contributed by atoms with Gasteiger partial charge in [0.2, 0.25) is 0 Å². The normalized spacial score (nSPS) is 13.3. The van der Waals surface area contributed by atoms with Crippen molar-refractivity contribution >= 4 is 6.29 Å². The Kier molecular flexibility index (Phi) is 9.59. The molecule has 0 N–H and O–H groups in total. The van der Waals surface area contributed by atoms with Gasteiger partial charge in [0.1, 0.15) is 0 Å². The molecule has 0 heterocycles. The van der Waals surface area contributed by atoms with Crippen molar-refractivity contribution in [1.82, 2.24) is 4.90 Å². The number of nitrogens with zero attached hydrogens (tertiary/aromatic N) is 1. The molecule has 0 aliphatic heterocycles. The van der Waals surface area contributed by atoms with Gasteiger partial charge in [-0.3, -0.25) is 4.79 Å². The van der Waals surface area contributed by atoms with Crippen molar-refractivity contribution in [3.8, 4) is 0 Å². The number of hydrogen-bond donors (Lipinski definition) is 0. The van der Waals surface area contributed by atoms with Crippen LogP contribution >= 0.6 is 0 Å². The quantitative estimate of drug-likeness (QED) is 0.254. The Bertz CT molecular complexity index is 224. The number of rotatable bonds is 10. The second-order valence-corrected chi connectivity index (χ2v) is 4.82. The van der Waals surface area contributed by atoms with Crippen LogP contribution in [0.4, 0.5) is 0 Å². The van der Waals surface area contributed by atoms with E-state index in [0.717, 1.165) is 18.6 Å². The summed E-state index contributed by atoms with van der Waals surface area (Å²) in [5.74, 6) is 1.24. The van der Waals surface area contributed by atoms with Gasteiger partial charge in [0.25, 0.3) is 0 Å². The predicted octanol–water partition coefficient (Wildman–Crippen LogP) is 3.21. The van der Waals surface area contributed by atoms with Gasteiger partial charge in [-0.25, -0.2) is 0 Å². The highest BCUT2D eigenvalue weighted by atomic mass is 16.5. The molecule has 0 aromatic rings. The summed E-state index contributed by atoms with van der Waals surface area (Å²) >= 11 is 0. The van der Waals surface area contributed by atoms with E-state index < -0.39 is 0 Å². The molecule has 1 atom stereocenters. The van der Waals surface area contributed by atoms with E-state index in [1.54, 1.807) is 6.20 Å². The fourth-order valence-corrected chi connectivity index (χ4v) is 1.52. The summed E-state index contributed by atoms with van der Waals surface area (Å²) in [6.45, 7) is 5.16. The number of hydrogen-bond acceptors (Lipinski definition) is 3. The van der Waals surface area contributed by atoms with Gasteiger partial charge in [0, 0.05) is 20.3 Å². The fourth-order valence-electron chi connectivity index (χ4n) is 1.52. The van der Waals surface area contributed by atoms with Crippen LogP contribution in [0.25, 0.3) is 0 Å². The number of aldehydes is 1. The Balaban J connectivity index is 3.53. The first-order chi connectivity index (χ1) is 8.10. The molecule has 100 valence electrons. The highest BCUT2D eigenvalue weighted by Gasteiger charge is 1.99. The van der Waals surface area contributed by atoms with Crippen molar-refractivity contribution in [1.29, 1.82) is 0 Å². The van der Waals surface area contributed by atoms with Gasteiger partial charge >= 0.3 is 0 Å². The summed E-state index contributed by atoms with van der Waals surface area (Å²) in [5.41, 5.74) is 0. The van der Waals surface area contributed by atoms with Gasteiger partial charge < -0.3 is 9.64 Å². The summed E-state index contributed by atoms with van der Waals surface area (Å²) in [6, 6.07) is 0. The number of carbonyl (C=O) groups is 1. The first kappa shape index (κ1) is 16.0. The van der Waals surface area contributed by atoms with Crippen molar-refractivity contribution in [2.24, 2.45) is 5.92 Å². The van der Waals surface area contributed by atoms with E-state index in [4.69, 9.17) is 4.74 Å². The zero-order chi connectivity index (χ0) is 13.1. The monoisotopic (exact) mass is 241 g/mol. The molecule has 0 bridgehead atoms. The van der Waals surface area contributed by atoms with Crippen molar-refractivity contribution in [3.05, 3.63) is 12.0 Å². The van der Waals surface area contributed by atoms with E-state index >= 15 is 0 Å². The fraction of sp³-hybridized carbons (Fsp3) is 0.786. The lowest BCUT2D eigenvalue weighted by molar-refractivity contribution is -0.108. The van der Waals surface area contributed by atoms with Gasteiger partial charge in [-0.1, -0.05) is 39.5 Å². The standard InChI is InChI=1S/C14H27NO2/c1-5-13(2)9-7-6-8-10-17-14(12-16)11-15(3)4/h11-13H,5-10H2,1-4H3/b14-11-/t13-/m0/s1. The summed E-state index contributed by atoms with van der Waals surface area (Å²) in [4.78, 5) is 12.5. The van der Waals surface area contributed by atoms with Gasteiger partial charge in [0.15, 0.2) is 12.0 Å². The molecule has 0 aliphatic rings. The molecule has 0 radical (unpaired) electrons. The maximum atomic E-state index is 10.7. The lowest BCUT2D eigenvalue weighted by Gasteiger charge is -2.10. The molecule has 0 aromatic heterocycles. The van der Waals surface area contributed by atoms with E-state index in [-0.39, 0.29) is 0 Å². The van der Waals surface area contributed by atoms with Crippen LogP contribution in [0, 0.1) is 5.92 Å². The van der Waals surface area contributed by atoms with Gasteiger partial charge in [-0.15, -0.1) is 0 Å². The molecule has 0 amide bonds. The minimum absolute atomic E-state index is 0.414. The molecule has 0 aromatic carbocycles. The van der Waals surface area contributed by atoms with Gasteiger partial charge in [0.05, 0.1) is 6.61 Å². The van der Waals surface area contributed by atoms with Crippen molar-refractivity contribution in [3.63, 3.8) is 0 Å². The van der Waals surface area contributed by atoms with Crippen molar-refractivity contribution in [2.75, 3.05) is 20.7 Å². The molecule has 0 saturated heterocycles. The molecule has 0 fully saturated rings. The zero-order valence-corrected chi connectivity index (χ0v) is 11.7. The third-order valence-electron chi connectivity index (χ3n) is 2.81. The molecule has 3 nitrogen and oxygen atoms in total. The van der Waals surface area contributed by atoms with E-state index in [2.05, 4.69) is 13.8 Å². The van der Waals surface area contributed by atoms with Crippen LogP contribution in [0.5, 0.6) is 0 Å². The molecule has 0 rings (SSSR count). The van der Waals surface area contributed by atoms with E-state index in [9.17, 15) is 4.79 Å². The minimum Gasteiger partial charge on any atom is -0.489 e. The summed E-state index contributed by atoms with van der Waals surface area (Å²) in [7, 11) is 3.75. The largest absolute Gasteiger partial charge is 0.489 e. The van der Waals surface area contributed by atoms with Crippen LogP contribution in [-0.2, 0) is 9.53 Å². The average molecular weight is 241 g/mol. The van der Waals surface area contributed by atoms with Crippen molar-refractivity contribution in [2.45, 2.75) is 46.0 Å². The van der Waals surface area contributed by atoms with Gasteiger partial charge in [-0.2, -0.15) is 0 Å². The summed E-state index contributed by atoms with van der Waals surface area (Å²) in [6.07, 6.45) is 8.48. The Morgan fingerprint density at radius 1 is 1.29 bits per heavy atom. The molecule has 0 aliphatic carbocycles. The molecule has 0 spiro atoms. The number of ether oxygens (including phenoxy) is 1. The predicted molar refractivity (Wildman–Crippen MR) is 71.7 cm³/mol. The lowest BCUT2D eigenvalue weighted by atomic mass is 10.0. The first-order valence-electron chi connectivity index (χ1n) is 6.56. The molecular weight excluding hydrogens is 214 g/mol. The van der Waals surface area contributed by atoms with Crippen LogP contribution in [0.2, 0.25) is 0 Å². The summed E-state index contributed by atoms with van der Waals surface area (Å²) < 4.78 is 5.39. The van der Waals surface area contributed by atoms with Crippen LogP contribution in [0.15, 0.2) is 12.0 Å². The summed E-state index contributed by atoms with van der Waals surface area (Å²) in [5, 5.41) is 0. The number of unbranched alkanes of at least 4 members (excludes halogenated alkanes) is 2. The third kappa shape index (κ3) is 9.91. The van der Waals surface area contributed by atoms with Crippen molar-refractivity contribution < 1.29 is 9.53 Å². The molecule has 17 heavy (non-hydrogen) atoms. The number of allylic oxidation sites excluding steroid dienone is 1. The Hall–Kier alpha value is -0.990. The van der Waals surface area contributed by atoms with Crippen LogP contribution in [-0.4, -0.2) is 31.9 Å². The van der Waals surface area contributed by atoms with E-state index in [0.29, 0.717) is 12.4 Å². The Morgan fingerprint density at radius 3 is 2.53 bits per heavy atom. The minimum atomic E-state index is 0.414. The van der Waals surface area contributed by atoms with Crippen LogP contribution in [0.1, 0.15) is 46.0 Å². The molecule has 0 saturated carbocycles. The molecular formula is C14H27NO2. The highest BCUT2D eigenvalue weighted by Crippen LogP contribution is 2.12. The van der Waals surface area contributed by atoms with Gasteiger partial charge in [-0.05, 0) is 12.3 Å².